The number of carboxylic acid groups (broad SMARTS) is 2. The number of aromatic amines is 1. The van der Waals surface area contributed by atoms with E-state index in [1.807, 2.05) is 56.3 Å². The molecule has 0 spiro atoms. The van der Waals surface area contributed by atoms with Crippen molar-refractivity contribution in [1.82, 2.24) is 19.5 Å². The van der Waals surface area contributed by atoms with Crippen LogP contribution in [0.4, 0.5) is 0 Å². The Labute approximate surface area is 285 Å². The average molecular weight is 653 g/mol. The molecule has 6 rings (SSSR count). The van der Waals surface area contributed by atoms with Crippen molar-refractivity contribution in [1.29, 1.82) is 0 Å². The van der Waals surface area contributed by atoms with E-state index < -0.39 is 11.9 Å². The van der Waals surface area contributed by atoms with Crippen molar-refractivity contribution in [2.45, 2.75) is 59.9 Å². The minimum atomic E-state index is -0.886. The van der Waals surface area contributed by atoms with E-state index in [-0.39, 0.29) is 12.8 Å². The number of rotatable bonds is 10. The van der Waals surface area contributed by atoms with Crippen LogP contribution < -0.4 is 0 Å². The van der Waals surface area contributed by atoms with Crippen LogP contribution in [0.1, 0.15) is 83.7 Å². The first-order valence-electron chi connectivity index (χ1n) is 16.4. The lowest BCUT2D eigenvalue weighted by Crippen LogP contribution is -1.99. The molecule has 0 amide bonds. The van der Waals surface area contributed by atoms with Gasteiger partial charge in [-0.25, -0.2) is 9.97 Å². The Hall–Kier alpha value is -5.76. The second-order valence-corrected chi connectivity index (χ2v) is 12.6. The van der Waals surface area contributed by atoms with Crippen LogP contribution in [0.15, 0.2) is 73.8 Å². The van der Waals surface area contributed by atoms with Gasteiger partial charge in [-0.2, -0.15) is 0 Å². The van der Waals surface area contributed by atoms with Crippen molar-refractivity contribution < 1.29 is 19.8 Å². The third-order valence-electron chi connectivity index (χ3n) is 9.67. The molecule has 3 N–H and O–H groups in total. The van der Waals surface area contributed by atoms with E-state index in [9.17, 15) is 19.8 Å². The molecule has 0 saturated heterocycles. The Morgan fingerprint density at radius 1 is 0.755 bits per heavy atom. The van der Waals surface area contributed by atoms with E-state index in [1.165, 1.54) is 0 Å². The van der Waals surface area contributed by atoms with Gasteiger partial charge in [0.05, 0.1) is 28.3 Å². The zero-order valence-electron chi connectivity index (χ0n) is 28.4. The molecule has 49 heavy (non-hydrogen) atoms. The lowest BCUT2D eigenvalue weighted by Gasteiger charge is -2.08. The molecule has 4 aromatic rings. The zero-order valence-corrected chi connectivity index (χ0v) is 28.4. The van der Waals surface area contributed by atoms with E-state index in [0.29, 0.717) is 25.1 Å². The Kier molecular flexibility index (Phi) is 9.06. The molecule has 5 heterocycles. The van der Waals surface area contributed by atoms with Crippen molar-refractivity contribution in [3.63, 3.8) is 0 Å². The Balaban J connectivity index is 1.80. The molecule has 0 atom stereocenters. The maximum atomic E-state index is 11.7. The molecule has 0 fully saturated rings. The number of hydrogen-bond acceptors (Lipinski definition) is 4. The summed E-state index contributed by atoms with van der Waals surface area (Å²) >= 11 is 0. The van der Waals surface area contributed by atoms with Gasteiger partial charge < -0.3 is 19.8 Å². The van der Waals surface area contributed by atoms with E-state index >= 15 is 0 Å². The maximum absolute atomic E-state index is 11.7. The smallest absolute Gasteiger partial charge is 0.303 e. The molecule has 0 saturated carbocycles. The summed E-state index contributed by atoms with van der Waals surface area (Å²) in [6, 6.07) is 18.4. The molecule has 0 aliphatic carbocycles. The molecule has 248 valence electrons. The minimum absolute atomic E-state index is 0.0342. The normalized spacial score (nSPS) is 12.8. The van der Waals surface area contributed by atoms with Crippen LogP contribution in [0.5, 0.6) is 0 Å². The summed E-state index contributed by atoms with van der Waals surface area (Å²) in [4.78, 5) is 37.2. The highest BCUT2D eigenvalue weighted by Crippen LogP contribution is 2.37. The largest absolute Gasteiger partial charge is 0.481 e. The number of carboxylic acids is 2. The number of benzene rings is 1. The van der Waals surface area contributed by atoms with E-state index in [1.54, 1.807) is 0 Å². The minimum Gasteiger partial charge on any atom is -0.481 e. The molecule has 8 heteroatoms. The van der Waals surface area contributed by atoms with Crippen molar-refractivity contribution in [2.24, 2.45) is 0 Å². The van der Waals surface area contributed by atoms with Gasteiger partial charge in [-0.05, 0) is 104 Å². The summed E-state index contributed by atoms with van der Waals surface area (Å²) in [6.07, 6.45) is 4.26. The number of aliphatic carboxylic acids is 2. The van der Waals surface area contributed by atoms with Gasteiger partial charge in [0.1, 0.15) is 0 Å². The molecule has 2 aliphatic rings. The third-order valence-corrected chi connectivity index (χ3v) is 9.67. The van der Waals surface area contributed by atoms with Gasteiger partial charge in [0, 0.05) is 47.1 Å². The fraction of sp³-hybridized carbons (Fsp3) is 0.220. The van der Waals surface area contributed by atoms with E-state index in [2.05, 4.69) is 60.8 Å². The fourth-order valence-corrected chi connectivity index (χ4v) is 6.92. The standard InChI is InChI=1S/C41H40N4O4/c1-7-28-23(3)34-21-39-29(8-2)26(6)38(45(39)22-27-12-10-9-11-13-27)20-33-25(5)31(15-17-41(48)49)37(44-33)19-36-30(14-16-40(46)47)24(4)32(42-36)18-35(28)43-34/h7-13,18-21,42H,1-2,14-17,22H2,3-6H3,(H,46,47)(H,48,49). The highest BCUT2D eigenvalue weighted by atomic mass is 16.4. The second kappa shape index (κ2) is 13.4. The van der Waals surface area contributed by atoms with Crippen molar-refractivity contribution in [2.75, 3.05) is 0 Å². The Bertz CT molecular complexity index is 2280. The molecule has 1 aromatic carbocycles. The second-order valence-electron chi connectivity index (χ2n) is 12.6. The van der Waals surface area contributed by atoms with Crippen molar-refractivity contribution >= 4 is 62.4 Å². The van der Waals surface area contributed by atoms with Crippen LogP contribution in [-0.2, 0) is 22.6 Å². The number of allylic oxidation sites excluding steroid dienone is 5. The molecule has 3 aromatic heterocycles. The van der Waals surface area contributed by atoms with Crippen LogP contribution in [0.3, 0.4) is 0 Å². The fourth-order valence-electron chi connectivity index (χ4n) is 6.92. The summed E-state index contributed by atoms with van der Waals surface area (Å²) in [5.74, 6) is -1.77. The topological polar surface area (TPSA) is 121 Å². The van der Waals surface area contributed by atoms with Gasteiger partial charge in [-0.3, -0.25) is 9.59 Å². The number of aromatic nitrogens is 4. The summed E-state index contributed by atoms with van der Waals surface area (Å²) in [7, 11) is 0. The molecule has 8 bridgehead atoms. The lowest BCUT2D eigenvalue weighted by molar-refractivity contribution is -0.137. The van der Waals surface area contributed by atoms with E-state index in [0.717, 1.165) is 89.3 Å². The Morgan fingerprint density at radius 3 is 2.06 bits per heavy atom. The van der Waals surface area contributed by atoms with Crippen LogP contribution >= 0.6 is 0 Å². The Morgan fingerprint density at radius 2 is 1.39 bits per heavy atom. The monoisotopic (exact) mass is 652 g/mol. The first kappa shape index (κ1) is 33.2. The lowest BCUT2D eigenvalue weighted by atomic mass is 10.0. The predicted molar refractivity (Wildman–Crippen MR) is 198 cm³/mol. The summed E-state index contributed by atoms with van der Waals surface area (Å²) < 4.78 is 2.28. The van der Waals surface area contributed by atoms with Crippen LogP contribution in [-0.4, -0.2) is 41.7 Å². The van der Waals surface area contributed by atoms with Crippen LogP contribution in [0, 0.1) is 13.8 Å². The van der Waals surface area contributed by atoms with E-state index in [4.69, 9.17) is 9.97 Å². The first-order chi connectivity index (χ1) is 23.5. The van der Waals surface area contributed by atoms with Gasteiger partial charge in [0.15, 0.2) is 0 Å². The maximum Gasteiger partial charge on any atom is 0.303 e. The van der Waals surface area contributed by atoms with Crippen molar-refractivity contribution in [3.05, 3.63) is 124 Å². The number of nitrogens with zero attached hydrogens (tertiary/aromatic N) is 3. The first-order valence-corrected chi connectivity index (χ1v) is 16.4. The molecule has 0 radical (unpaired) electrons. The highest BCUT2D eigenvalue weighted by Gasteiger charge is 2.22. The average Bonchev–Trinajstić information content (AvgIpc) is 3.71. The van der Waals surface area contributed by atoms with Gasteiger partial charge in [-0.15, -0.1) is 0 Å². The highest BCUT2D eigenvalue weighted by molar-refractivity contribution is 5.98. The van der Waals surface area contributed by atoms with Gasteiger partial charge in [0.25, 0.3) is 0 Å². The zero-order chi connectivity index (χ0) is 35.0. The van der Waals surface area contributed by atoms with Crippen molar-refractivity contribution in [3.8, 4) is 0 Å². The predicted octanol–water partition coefficient (Wildman–Crippen LogP) is 9.03. The molecular weight excluding hydrogens is 612 g/mol. The summed E-state index contributed by atoms with van der Waals surface area (Å²) in [5, 5.41) is 19.2. The number of hydrogen-bond donors (Lipinski definition) is 3. The number of aryl methyl sites for hydroxylation is 3. The molecule has 8 nitrogen and oxygen atoms in total. The number of nitrogens with one attached hydrogen (secondary N) is 1. The quantitative estimate of drug-likeness (QED) is 0.157. The number of fused-ring (bicyclic) bond motifs is 8. The summed E-state index contributed by atoms with van der Waals surface area (Å²) in [6.45, 7) is 17.0. The number of carbonyl (C=O) groups is 2. The molecule has 0 unspecified atom stereocenters. The van der Waals surface area contributed by atoms with Gasteiger partial charge in [0.2, 0.25) is 0 Å². The van der Waals surface area contributed by atoms with Gasteiger partial charge in [-0.1, -0.05) is 55.6 Å². The summed E-state index contributed by atoms with van der Waals surface area (Å²) in [5.41, 5.74) is 15.1. The SMILES string of the molecule is C=CC1=C(C)c2cc3c(C=C)c(C)c(cc4nc(cc5[nH]c(cc1n2)c(C)c5CCC(=O)O)C(CCC(=O)O)=C4C)n3Cc1ccccc1. The third kappa shape index (κ3) is 6.29. The molecular formula is C41H40N4O4. The van der Waals surface area contributed by atoms with Crippen LogP contribution in [0.2, 0.25) is 0 Å². The van der Waals surface area contributed by atoms with Gasteiger partial charge >= 0.3 is 11.9 Å². The molecule has 2 aliphatic heterocycles. The number of H-pyrrole nitrogens is 1. The van der Waals surface area contributed by atoms with Crippen LogP contribution in [0.25, 0.3) is 50.4 Å².